The maximum Gasteiger partial charge on any atom is 0.335 e. The minimum absolute atomic E-state index is 0. The summed E-state index contributed by atoms with van der Waals surface area (Å²) in [5.41, 5.74) is 40.3. The van der Waals surface area contributed by atoms with Crippen LogP contribution < -0.4 is 60.3 Å². The number of nitrogens with one attached hydrogen (secondary N) is 3. The van der Waals surface area contributed by atoms with Gasteiger partial charge in [-0.3, -0.25) is 19.6 Å². The van der Waals surface area contributed by atoms with Crippen molar-refractivity contribution in [3.63, 3.8) is 0 Å². The summed E-state index contributed by atoms with van der Waals surface area (Å²) < 4.78 is 0. The van der Waals surface area contributed by atoms with Crippen molar-refractivity contribution in [2.45, 2.75) is 35.6 Å². The van der Waals surface area contributed by atoms with Crippen LogP contribution >= 0.6 is 24.8 Å². The Morgan fingerprint density at radius 3 is 1.13 bits per heavy atom. The van der Waals surface area contributed by atoms with Gasteiger partial charge in [0.2, 0.25) is 11.9 Å². The Bertz CT molecular complexity index is 3960. The summed E-state index contributed by atoms with van der Waals surface area (Å²) in [5, 5.41) is 46.8. The molecule has 9 aromatic rings. The van der Waals surface area contributed by atoms with Crippen LogP contribution in [0.5, 0.6) is 0 Å². The third kappa shape index (κ3) is 24.5. The Balaban J connectivity index is 0.000000646. The van der Waals surface area contributed by atoms with Gasteiger partial charge in [0.25, 0.3) is 5.91 Å². The number of hydrazone groups is 1. The van der Waals surface area contributed by atoms with E-state index in [2.05, 4.69) is 92.0 Å². The van der Waals surface area contributed by atoms with Crippen molar-refractivity contribution in [3.05, 3.63) is 216 Å². The molecular formula is C66H80Cl2N18O6. The molecule has 0 aliphatic rings. The molecule has 1 amide bonds. The molecule has 2 heterocycles. The second-order valence-corrected chi connectivity index (χ2v) is 19.3. The van der Waals surface area contributed by atoms with Crippen molar-refractivity contribution in [2.75, 3.05) is 59.7 Å². The van der Waals surface area contributed by atoms with Crippen LogP contribution in [0.3, 0.4) is 0 Å². The number of hydrogen-bond acceptors (Lipinski definition) is 17. The van der Waals surface area contributed by atoms with Crippen LogP contribution in [0.25, 0.3) is 21.8 Å². The number of nitrogen functional groups attached to an aromatic ring is 1. The van der Waals surface area contributed by atoms with Crippen molar-refractivity contribution in [1.29, 1.82) is 0 Å². The third-order valence-corrected chi connectivity index (χ3v) is 12.4. The molecule has 9 rings (SSSR count). The first kappa shape index (κ1) is 78.4. The van der Waals surface area contributed by atoms with E-state index in [1.807, 2.05) is 113 Å². The van der Waals surface area contributed by atoms with Gasteiger partial charge in [-0.25, -0.2) is 9.59 Å². The summed E-state index contributed by atoms with van der Waals surface area (Å²) >= 11 is 0. The molecular weight excluding hydrogens is 1210 g/mol. The van der Waals surface area contributed by atoms with E-state index in [4.69, 9.17) is 38.9 Å². The summed E-state index contributed by atoms with van der Waals surface area (Å²) in [7, 11) is 8.09. The highest BCUT2D eigenvalue weighted by atomic mass is 35.5. The van der Waals surface area contributed by atoms with E-state index >= 15 is 0 Å². The van der Waals surface area contributed by atoms with Gasteiger partial charge in [-0.1, -0.05) is 51.3 Å². The highest BCUT2D eigenvalue weighted by Crippen LogP contribution is 2.31. The Hall–Kier alpha value is -11.6. The molecule has 0 saturated carbocycles. The number of benzene rings is 7. The largest absolute Gasteiger partial charge is 0.478 e. The SMILES string of the molecule is C.C.C/C(=N/N=C(N)N)c1ccc(C(=O)O)cc1.C/C(=N\N=C(N)N)c1ccc(C(=O)Nc2ccc(Nc3ccnc4ccc(N(C)C)cc34)cc2)cc1.C=NN.CC(=O)c1ccc(C(=O)O)cc1.CN(C)c1ccc2nccc(Nc3ccc(N)cc3)c2c1.Cl.Cl. The number of aromatic carboxylic acids is 2. The Morgan fingerprint density at radius 2 is 0.793 bits per heavy atom. The van der Waals surface area contributed by atoms with Crippen LogP contribution in [0.1, 0.15) is 88.2 Å². The second kappa shape index (κ2) is 38.6. The molecule has 0 aliphatic carbocycles. The summed E-state index contributed by atoms with van der Waals surface area (Å²) in [6.45, 7) is 7.84. The normalized spacial score (nSPS) is 10.0. The van der Waals surface area contributed by atoms with Crippen LogP contribution in [0.15, 0.2) is 208 Å². The van der Waals surface area contributed by atoms with E-state index in [9.17, 15) is 19.2 Å². The molecule has 0 radical (unpaired) electrons. The second-order valence-electron chi connectivity index (χ2n) is 19.3. The predicted molar refractivity (Wildman–Crippen MR) is 385 cm³/mol. The average molecular weight is 1290 g/mol. The number of fused-ring (bicyclic) bond motifs is 2. The van der Waals surface area contributed by atoms with E-state index in [1.54, 1.807) is 56.4 Å². The topological polar surface area (TPSA) is 395 Å². The van der Waals surface area contributed by atoms with Gasteiger partial charge in [0.15, 0.2) is 5.78 Å². The van der Waals surface area contributed by atoms with Gasteiger partial charge in [0.1, 0.15) is 0 Å². The number of ketones is 1. The molecule has 26 heteroatoms. The lowest BCUT2D eigenvalue weighted by atomic mass is 10.1. The summed E-state index contributed by atoms with van der Waals surface area (Å²) in [4.78, 5) is 57.5. The fourth-order valence-electron chi connectivity index (χ4n) is 7.71. The molecule has 0 atom stereocenters. The van der Waals surface area contributed by atoms with Crippen molar-refractivity contribution in [1.82, 2.24) is 9.97 Å². The number of amides is 1. The van der Waals surface area contributed by atoms with Crippen LogP contribution in [-0.4, -0.2) is 102 Å². The molecule has 2 aromatic heterocycles. The zero-order valence-corrected chi connectivity index (χ0v) is 52.0. The van der Waals surface area contributed by atoms with Gasteiger partial charge in [0.05, 0.1) is 33.6 Å². The minimum Gasteiger partial charge on any atom is -0.478 e. The number of carboxylic acid groups (broad SMARTS) is 2. The number of halogens is 2. The monoisotopic (exact) mass is 1290 g/mol. The fourth-order valence-corrected chi connectivity index (χ4v) is 7.71. The molecule has 0 saturated heterocycles. The Morgan fingerprint density at radius 1 is 0.467 bits per heavy atom. The highest BCUT2D eigenvalue weighted by molar-refractivity contribution is 6.06. The predicted octanol–water partition coefficient (Wildman–Crippen LogP) is 11.6. The number of carbonyl (C=O) groups is 4. The number of aromatic nitrogens is 2. The number of rotatable bonds is 15. The lowest BCUT2D eigenvalue weighted by Gasteiger charge is -2.15. The van der Waals surface area contributed by atoms with Crippen molar-refractivity contribution >= 4 is 146 Å². The smallest absolute Gasteiger partial charge is 0.335 e. The highest BCUT2D eigenvalue weighted by Gasteiger charge is 2.11. The summed E-state index contributed by atoms with van der Waals surface area (Å²) in [6.07, 6.45) is 3.60. The molecule has 92 heavy (non-hydrogen) atoms. The first-order chi connectivity index (χ1) is 42.0. The van der Waals surface area contributed by atoms with Crippen LogP contribution in [0.4, 0.5) is 45.5 Å². The number of guanidine groups is 2. The number of carbonyl (C=O) groups excluding carboxylic acids is 2. The van der Waals surface area contributed by atoms with Gasteiger partial charge < -0.3 is 70.5 Å². The van der Waals surface area contributed by atoms with Crippen molar-refractivity contribution in [2.24, 2.45) is 54.3 Å². The lowest BCUT2D eigenvalue weighted by molar-refractivity contribution is 0.0686. The summed E-state index contributed by atoms with van der Waals surface area (Å²) in [5.74, 6) is 1.90. The Labute approximate surface area is 547 Å². The molecule has 7 aromatic carbocycles. The van der Waals surface area contributed by atoms with Crippen molar-refractivity contribution < 1.29 is 29.4 Å². The number of nitrogens with two attached hydrogens (primary N) is 6. The molecule has 24 nitrogen and oxygen atoms in total. The third-order valence-electron chi connectivity index (χ3n) is 12.4. The average Bonchev–Trinajstić information content (AvgIpc) is 0.848. The number of Topliss-reactive ketones (excluding diaryl/α,β-unsaturated/α-hetero) is 1. The quantitative estimate of drug-likeness (QED) is 0.0113. The number of hydrogen-bond donors (Lipinski definition) is 11. The fraction of sp³-hybridized carbons (Fsp3) is 0.136. The van der Waals surface area contributed by atoms with E-state index in [0.29, 0.717) is 28.2 Å². The van der Waals surface area contributed by atoms with E-state index in [1.165, 1.54) is 43.3 Å². The van der Waals surface area contributed by atoms with Crippen LogP contribution in [-0.2, 0) is 0 Å². The molecule has 484 valence electrons. The van der Waals surface area contributed by atoms with Gasteiger partial charge in [-0.2, -0.15) is 15.3 Å². The van der Waals surface area contributed by atoms with Gasteiger partial charge >= 0.3 is 11.9 Å². The molecule has 0 spiro atoms. The first-order valence-electron chi connectivity index (χ1n) is 26.6. The number of nitrogens with zero attached hydrogens (tertiary/aromatic N) is 9. The van der Waals surface area contributed by atoms with E-state index in [0.717, 1.165) is 72.7 Å². The van der Waals surface area contributed by atoms with Gasteiger partial charge in [-0.15, -0.1) is 35.0 Å². The Kier molecular flexibility index (Phi) is 32.9. The first-order valence-corrected chi connectivity index (χ1v) is 26.6. The molecule has 0 unspecified atom stereocenters. The molecule has 0 bridgehead atoms. The number of carboxylic acids is 2. The number of anilines is 8. The maximum atomic E-state index is 12.7. The van der Waals surface area contributed by atoms with Crippen LogP contribution in [0, 0.1) is 0 Å². The van der Waals surface area contributed by atoms with Crippen molar-refractivity contribution in [3.8, 4) is 0 Å². The standard InChI is InChI=1S/C27H28N8O.C17H18N4.C10H12N4O2.C9H8O3.CH4N2.2CH4.2ClH/c1-17(33-34-27(28)29)18-4-6-19(7-5-18)26(36)32-21-10-8-20(9-11-21)31-25-14-15-30-24-13-12-22(35(2)3)16-23(24)25;1-21(2)14-7-8-16-15(11-14)17(9-10-19-16)20-13-5-3-12(18)4-6-13;1-6(13-14-10(11)12)7-2-4-8(5-3-7)9(15)16;1-6(10)7-2-4-8(5-3-7)9(11)12;1-3-2;;;;/h4-16H,1-3H3,(H,30,31)(H,32,36)(H4,28,29,34);3-11H,18H2,1-2H3,(H,19,20);2-5H,1H3,(H,15,16)(H4,11,12,14);2-5H,1H3,(H,11,12);1-2H2;2*1H4;2*1H/b33-17+;;13-6-;;;;;;. The summed E-state index contributed by atoms with van der Waals surface area (Å²) in [6, 6.07) is 50.8. The lowest BCUT2D eigenvalue weighted by Crippen LogP contribution is -2.22. The minimum atomic E-state index is -0.981. The van der Waals surface area contributed by atoms with E-state index in [-0.39, 0.29) is 74.4 Å². The van der Waals surface area contributed by atoms with Gasteiger partial charge in [0, 0.05) is 115 Å². The molecule has 0 aliphatic heterocycles. The number of pyridine rings is 2. The maximum absolute atomic E-state index is 12.7. The molecule has 17 N–H and O–H groups in total. The van der Waals surface area contributed by atoms with E-state index < -0.39 is 11.9 Å². The van der Waals surface area contributed by atoms with Crippen LogP contribution in [0.2, 0.25) is 0 Å². The van der Waals surface area contributed by atoms with Gasteiger partial charge in [-0.05, 0) is 165 Å². The molecule has 0 fully saturated rings. The zero-order valence-electron chi connectivity index (χ0n) is 50.4. The zero-order chi connectivity index (χ0) is 64.5.